The van der Waals surface area contributed by atoms with Crippen LogP contribution in [0.4, 0.5) is 0 Å². The van der Waals surface area contributed by atoms with E-state index in [1.54, 1.807) is 12.3 Å². The molecule has 1 fully saturated rings. The SMILES string of the molecule is CC(C)C1CCCCC1NC(=O)Cn1cccc1C(=O)O. The molecule has 0 bridgehead atoms. The molecule has 5 nitrogen and oxygen atoms in total. The highest BCUT2D eigenvalue weighted by Gasteiger charge is 2.28. The van der Waals surface area contributed by atoms with E-state index >= 15 is 0 Å². The van der Waals surface area contributed by atoms with E-state index in [-0.39, 0.29) is 24.2 Å². The Morgan fingerprint density at radius 1 is 1.38 bits per heavy atom. The van der Waals surface area contributed by atoms with Crippen molar-refractivity contribution < 1.29 is 14.7 Å². The lowest BCUT2D eigenvalue weighted by molar-refractivity contribution is -0.123. The van der Waals surface area contributed by atoms with Gasteiger partial charge >= 0.3 is 5.97 Å². The summed E-state index contributed by atoms with van der Waals surface area (Å²) in [5, 5.41) is 12.2. The summed E-state index contributed by atoms with van der Waals surface area (Å²) in [7, 11) is 0. The molecule has 21 heavy (non-hydrogen) atoms. The van der Waals surface area contributed by atoms with Crippen LogP contribution in [-0.2, 0) is 11.3 Å². The first kappa shape index (κ1) is 15.6. The molecule has 1 aliphatic carbocycles. The van der Waals surface area contributed by atoms with Gasteiger partial charge in [0.15, 0.2) is 0 Å². The van der Waals surface area contributed by atoms with Gasteiger partial charge in [-0.2, -0.15) is 0 Å². The summed E-state index contributed by atoms with van der Waals surface area (Å²) in [6.45, 7) is 4.46. The number of nitrogens with zero attached hydrogens (tertiary/aromatic N) is 1. The fraction of sp³-hybridized carbons (Fsp3) is 0.625. The predicted octanol–water partition coefficient (Wildman–Crippen LogP) is 2.52. The third-order valence-electron chi connectivity index (χ3n) is 4.38. The van der Waals surface area contributed by atoms with E-state index in [0.29, 0.717) is 11.8 Å². The van der Waals surface area contributed by atoms with E-state index in [9.17, 15) is 9.59 Å². The molecule has 1 saturated carbocycles. The molecule has 0 saturated heterocycles. The van der Waals surface area contributed by atoms with Crippen molar-refractivity contribution in [2.24, 2.45) is 11.8 Å². The van der Waals surface area contributed by atoms with Crippen molar-refractivity contribution in [2.45, 2.75) is 52.1 Å². The van der Waals surface area contributed by atoms with Crippen LogP contribution in [0.15, 0.2) is 18.3 Å². The van der Waals surface area contributed by atoms with E-state index in [4.69, 9.17) is 5.11 Å². The first-order valence-corrected chi connectivity index (χ1v) is 7.67. The number of hydrogen-bond donors (Lipinski definition) is 2. The van der Waals surface area contributed by atoms with Crippen molar-refractivity contribution in [3.05, 3.63) is 24.0 Å². The van der Waals surface area contributed by atoms with Crippen LogP contribution in [0.5, 0.6) is 0 Å². The first-order valence-electron chi connectivity index (χ1n) is 7.67. The fourth-order valence-corrected chi connectivity index (χ4v) is 3.29. The maximum atomic E-state index is 12.2. The molecule has 1 heterocycles. The second kappa shape index (κ2) is 6.78. The zero-order valence-electron chi connectivity index (χ0n) is 12.7. The summed E-state index contributed by atoms with van der Waals surface area (Å²) in [5.74, 6) is -0.0418. The van der Waals surface area contributed by atoms with Crippen LogP contribution >= 0.6 is 0 Å². The number of carboxylic acid groups (broad SMARTS) is 1. The van der Waals surface area contributed by atoms with Gasteiger partial charge in [0.1, 0.15) is 12.2 Å². The third-order valence-corrected chi connectivity index (χ3v) is 4.38. The summed E-state index contributed by atoms with van der Waals surface area (Å²) < 4.78 is 1.48. The summed E-state index contributed by atoms with van der Waals surface area (Å²) in [4.78, 5) is 23.2. The van der Waals surface area contributed by atoms with Crippen molar-refractivity contribution in [3.63, 3.8) is 0 Å². The van der Waals surface area contributed by atoms with Gasteiger partial charge in [-0.3, -0.25) is 4.79 Å². The van der Waals surface area contributed by atoms with Crippen LogP contribution in [0.1, 0.15) is 50.0 Å². The fourth-order valence-electron chi connectivity index (χ4n) is 3.29. The largest absolute Gasteiger partial charge is 0.477 e. The minimum absolute atomic E-state index is 0.0654. The van der Waals surface area contributed by atoms with Crippen molar-refractivity contribution in [1.29, 1.82) is 0 Å². The predicted molar refractivity (Wildman–Crippen MR) is 80.1 cm³/mol. The van der Waals surface area contributed by atoms with E-state index in [1.807, 2.05) is 0 Å². The van der Waals surface area contributed by atoms with Crippen molar-refractivity contribution in [3.8, 4) is 0 Å². The minimum Gasteiger partial charge on any atom is -0.477 e. The Morgan fingerprint density at radius 3 is 2.76 bits per heavy atom. The van der Waals surface area contributed by atoms with Crippen molar-refractivity contribution in [1.82, 2.24) is 9.88 Å². The number of carboxylic acids is 1. The van der Waals surface area contributed by atoms with E-state index in [1.165, 1.54) is 17.1 Å². The monoisotopic (exact) mass is 292 g/mol. The van der Waals surface area contributed by atoms with Crippen LogP contribution in [0.3, 0.4) is 0 Å². The van der Waals surface area contributed by atoms with Crippen LogP contribution < -0.4 is 5.32 Å². The van der Waals surface area contributed by atoms with Crippen LogP contribution in [-0.4, -0.2) is 27.6 Å². The lowest BCUT2D eigenvalue weighted by atomic mass is 9.78. The normalized spacial score (nSPS) is 22.2. The Morgan fingerprint density at radius 2 is 2.10 bits per heavy atom. The first-order chi connectivity index (χ1) is 9.99. The number of nitrogens with one attached hydrogen (secondary N) is 1. The average molecular weight is 292 g/mol. The molecule has 0 aromatic carbocycles. The summed E-state index contributed by atoms with van der Waals surface area (Å²) in [6, 6.07) is 3.37. The number of aromatic nitrogens is 1. The number of aromatic carboxylic acids is 1. The Bertz CT molecular complexity index is 507. The molecule has 5 heteroatoms. The Hall–Kier alpha value is -1.78. The van der Waals surface area contributed by atoms with Crippen molar-refractivity contribution in [2.75, 3.05) is 0 Å². The van der Waals surface area contributed by atoms with E-state index in [0.717, 1.165) is 19.3 Å². The topological polar surface area (TPSA) is 71.3 Å². The quantitative estimate of drug-likeness (QED) is 0.876. The summed E-state index contributed by atoms with van der Waals surface area (Å²) >= 11 is 0. The van der Waals surface area contributed by atoms with Crippen LogP contribution in [0.2, 0.25) is 0 Å². The van der Waals surface area contributed by atoms with Gasteiger partial charge in [-0.15, -0.1) is 0 Å². The Kier molecular flexibility index (Phi) is 5.04. The highest BCUT2D eigenvalue weighted by molar-refractivity contribution is 5.86. The van der Waals surface area contributed by atoms with Gasteiger partial charge in [0, 0.05) is 12.2 Å². The lowest BCUT2D eigenvalue weighted by Crippen LogP contribution is -2.45. The van der Waals surface area contributed by atoms with Gasteiger partial charge in [-0.05, 0) is 36.8 Å². The zero-order chi connectivity index (χ0) is 15.4. The van der Waals surface area contributed by atoms with Gasteiger partial charge in [-0.1, -0.05) is 26.7 Å². The van der Waals surface area contributed by atoms with Crippen LogP contribution in [0.25, 0.3) is 0 Å². The second-order valence-corrected chi connectivity index (χ2v) is 6.19. The second-order valence-electron chi connectivity index (χ2n) is 6.19. The molecular weight excluding hydrogens is 268 g/mol. The standard InChI is InChI=1S/C16H24N2O3/c1-11(2)12-6-3-4-7-13(12)17-15(19)10-18-9-5-8-14(18)16(20)21/h5,8-9,11-13H,3-4,6-7,10H2,1-2H3,(H,17,19)(H,20,21). The molecule has 0 aliphatic heterocycles. The van der Waals surface area contributed by atoms with E-state index in [2.05, 4.69) is 19.2 Å². The van der Waals surface area contributed by atoms with Crippen LogP contribution in [0, 0.1) is 11.8 Å². The molecule has 2 atom stereocenters. The number of rotatable bonds is 5. The maximum absolute atomic E-state index is 12.2. The Balaban J connectivity index is 1.97. The Labute approximate surface area is 125 Å². The number of amides is 1. The zero-order valence-corrected chi connectivity index (χ0v) is 12.7. The maximum Gasteiger partial charge on any atom is 0.352 e. The average Bonchev–Trinajstić information content (AvgIpc) is 2.87. The highest BCUT2D eigenvalue weighted by atomic mass is 16.4. The van der Waals surface area contributed by atoms with Gasteiger partial charge in [0.05, 0.1) is 0 Å². The van der Waals surface area contributed by atoms with Gasteiger partial charge < -0.3 is 15.0 Å². The smallest absolute Gasteiger partial charge is 0.352 e. The molecule has 1 amide bonds. The van der Waals surface area contributed by atoms with Gasteiger partial charge in [0.2, 0.25) is 5.91 Å². The lowest BCUT2D eigenvalue weighted by Gasteiger charge is -2.35. The molecule has 0 radical (unpaired) electrons. The molecule has 2 unspecified atom stereocenters. The molecule has 1 aromatic heterocycles. The molecule has 1 aliphatic rings. The summed E-state index contributed by atoms with van der Waals surface area (Å²) in [5.41, 5.74) is 0.147. The highest BCUT2D eigenvalue weighted by Crippen LogP contribution is 2.30. The molecule has 0 spiro atoms. The molecule has 2 N–H and O–H groups in total. The number of hydrogen-bond acceptors (Lipinski definition) is 2. The molecule has 2 rings (SSSR count). The number of carbonyl (C=O) groups excluding carboxylic acids is 1. The van der Waals surface area contributed by atoms with Crippen molar-refractivity contribution >= 4 is 11.9 Å². The number of carbonyl (C=O) groups is 2. The summed E-state index contributed by atoms with van der Waals surface area (Å²) in [6.07, 6.45) is 6.19. The third kappa shape index (κ3) is 3.86. The van der Waals surface area contributed by atoms with Gasteiger partial charge in [0.25, 0.3) is 0 Å². The molecular formula is C16H24N2O3. The molecule has 1 aromatic rings. The van der Waals surface area contributed by atoms with Gasteiger partial charge in [-0.25, -0.2) is 4.79 Å². The molecule has 116 valence electrons. The minimum atomic E-state index is -1.01. The van der Waals surface area contributed by atoms with E-state index < -0.39 is 5.97 Å².